The molecule has 0 saturated heterocycles. The van der Waals surface area contributed by atoms with E-state index in [1.807, 2.05) is 0 Å². The summed E-state index contributed by atoms with van der Waals surface area (Å²) < 4.78 is 2.18. The molecule has 0 aromatic heterocycles. The van der Waals surface area contributed by atoms with E-state index < -0.39 is 0 Å². The molecule has 1 aliphatic rings. The fraction of sp³-hybridized carbons (Fsp3) is 0.600. The van der Waals surface area contributed by atoms with Gasteiger partial charge in [-0.15, -0.1) is 0 Å². The number of nitrogens with two attached hydrogens (primary N) is 1. The molecule has 0 radical (unpaired) electrons. The van der Waals surface area contributed by atoms with Gasteiger partial charge in [0.2, 0.25) is 0 Å². The van der Waals surface area contributed by atoms with Crippen LogP contribution < -0.4 is 5.73 Å². The van der Waals surface area contributed by atoms with Gasteiger partial charge in [-0.05, 0) is 82.2 Å². The van der Waals surface area contributed by atoms with Crippen molar-refractivity contribution < 1.29 is 0 Å². The number of halogens is 2. The van der Waals surface area contributed by atoms with Crippen molar-refractivity contribution in [3.8, 4) is 0 Å². The largest absolute Gasteiger partial charge is 0.329 e. The Bertz CT molecular complexity index is 430. The second-order valence-corrected chi connectivity index (χ2v) is 7.37. The molecule has 1 fully saturated rings. The number of hydrogen-bond donors (Lipinski definition) is 1. The highest BCUT2D eigenvalue weighted by Gasteiger charge is 2.29. The Hall–Kier alpha value is 0.1000. The maximum absolute atomic E-state index is 6.06. The lowest BCUT2D eigenvalue weighted by molar-refractivity contribution is 0.149. The number of hydrogen-bond acceptors (Lipinski definition) is 2. The van der Waals surface area contributed by atoms with Crippen LogP contribution in [0.25, 0.3) is 0 Å². The Labute approximate surface area is 133 Å². The Morgan fingerprint density at radius 3 is 2.42 bits per heavy atom. The van der Waals surface area contributed by atoms with Crippen LogP contribution in [0.4, 0.5) is 0 Å². The van der Waals surface area contributed by atoms with E-state index in [0.29, 0.717) is 18.6 Å². The lowest BCUT2D eigenvalue weighted by Gasteiger charge is -2.35. The molecule has 2 nitrogen and oxygen atoms in total. The zero-order chi connectivity index (χ0) is 14.0. The predicted octanol–water partition coefficient (Wildman–Crippen LogP) is 4.33. The van der Waals surface area contributed by atoms with Crippen molar-refractivity contribution in [2.24, 2.45) is 11.7 Å². The summed E-state index contributed by atoms with van der Waals surface area (Å²) in [6, 6.07) is 7.29. The Morgan fingerprint density at radius 1 is 1.26 bits per heavy atom. The maximum Gasteiger partial charge on any atom is 0.0473 e. The second kappa shape index (κ2) is 6.70. The van der Waals surface area contributed by atoms with Gasteiger partial charge >= 0.3 is 0 Å². The minimum absolute atomic E-state index is 0.310. The third kappa shape index (κ3) is 4.03. The van der Waals surface area contributed by atoms with Crippen molar-refractivity contribution in [2.75, 3.05) is 13.1 Å². The third-order valence-corrected chi connectivity index (χ3v) is 5.66. The molecule has 2 rings (SSSR count). The van der Waals surface area contributed by atoms with Crippen LogP contribution in [0.15, 0.2) is 27.1 Å². The molecular formula is C15H22Br2N2. The number of benzene rings is 1. The van der Waals surface area contributed by atoms with Gasteiger partial charge in [0.05, 0.1) is 0 Å². The minimum atomic E-state index is 0.310. The van der Waals surface area contributed by atoms with Crippen LogP contribution in [0.2, 0.25) is 0 Å². The lowest BCUT2D eigenvalue weighted by Crippen LogP contribution is -2.40. The average molecular weight is 390 g/mol. The Morgan fingerprint density at radius 2 is 1.95 bits per heavy atom. The summed E-state index contributed by atoms with van der Waals surface area (Å²) in [5.74, 6) is 0.885. The van der Waals surface area contributed by atoms with Gasteiger partial charge in [-0.25, -0.2) is 0 Å². The predicted molar refractivity (Wildman–Crippen MR) is 88.2 cm³/mol. The van der Waals surface area contributed by atoms with Gasteiger partial charge in [0.25, 0.3) is 0 Å². The van der Waals surface area contributed by atoms with E-state index in [4.69, 9.17) is 5.73 Å². The van der Waals surface area contributed by atoms with Gasteiger partial charge in [-0.3, -0.25) is 4.90 Å². The van der Waals surface area contributed by atoms with Crippen LogP contribution in [-0.2, 0) is 0 Å². The van der Waals surface area contributed by atoms with Gasteiger partial charge in [0, 0.05) is 34.1 Å². The smallest absolute Gasteiger partial charge is 0.0473 e. The normalized spacial score (nSPS) is 17.2. The minimum Gasteiger partial charge on any atom is -0.329 e. The first-order valence-electron chi connectivity index (χ1n) is 6.93. The van der Waals surface area contributed by atoms with Crippen LogP contribution in [0.5, 0.6) is 0 Å². The summed E-state index contributed by atoms with van der Waals surface area (Å²) in [5.41, 5.74) is 7.36. The van der Waals surface area contributed by atoms with Crippen LogP contribution in [0.1, 0.15) is 38.3 Å². The van der Waals surface area contributed by atoms with Gasteiger partial charge in [-0.2, -0.15) is 0 Å². The highest BCUT2D eigenvalue weighted by molar-refractivity contribution is 9.13. The van der Waals surface area contributed by atoms with Crippen molar-refractivity contribution in [1.29, 1.82) is 0 Å². The van der Waals surface area contributed by atoms with E-state index in [2.05, 4.69) is 68.8 Å². The maximum atomic E-state index is 6.06. The summed E-state index contributed by atoms with van der Waals surface area (Å²) in [5, 5.41) is 0. The highest BCUT2D eigenvalue weighted by Crippen LogP contribution is 2.35. The first-order chi connectivity index (χ1) is 9.02. The van der Waals surface area contributed by atoms with E-state index >= 15 is 0 Å². The standard InChI is InChI=1S/C15H22Br2N2/c1-10(2)19(9-11-3-4-11)15(8-18)12-5-6-13(16)14(17)7-12/h5-7,10-11,15H,3-4,8-9,18H2,1-2H3. The molecule has 1 saturated carbocycles. The van der Waals surface area contributed by atoms with Crippen molar-refractivity contribution in [1.82, 2.24) is 4.90 Å². The van der Waals surface area contributed by atoms with Crippen LogP contribution in [0.3, 0.4) is 0 Å². The van der Waals surface area contributed by atoms with Gasteiger partial charge in [0.1, 0.15) is 0 Å². The van der Waals surface area contributed by atoms with Crippen molar-refractivity contribution >= 4 is 31.9 Å². The zero-order valence-electron chi connectivity index (χ0n) is 11.6. The summed E-state index contributed by atoms with van der Waals surface area (Å²) in [6.45, 7) is 6.37. The monoisotopic (exact) mass is 388 g/mol. The Kier molecular flexibility index (Phi) is 5.46. The number of nitrogens with zero attached hydrogens (tertiary/aromatic N) is 1. The molecule has 4 heteroatoms. The molecule has 1 unspecified atom stereocenters. The molecule has 19 heavy (non-hydrogen) atoms. The van der Waals surface area contributed by atoms with Crippen LogP contribution >= 0.6 is 31.9 Å². The molecule has 1 aromatic rings. The van der Waals surface area contributed by atoms with Gasteiger partial charge < -0.3 is 5.73 Å². The summed E-state index contributed by atoms with van der Waals surface area (Å²) >= 11 is 7.11. The fourth-order valence-electron chi connectivity index (χ4n) is 2.48. The topological polar surface area (TPSA) is 29.3 Å². The molecule has 0 aliphatic heterocycles. The van der Waals surface area contributed by atoms with E-state index in [9.17, 15) is 0 Å². The zero-order valence-corrected chi connectivity index (χ0v) is 14.7. The highest BCUT2D eigenvalue weighted by atomic mass is 79.9. The van der Waals surface area contributed by atoms with Gasteiger partial charge in [0.15, 0.2) is 0 Å². The van der Waals surface area contributed by atoms with Crippen LogP contribution in [-0.4, -0.2) is 24.0 Å². The molecule has 1 aliphatic carbocycles. The van der Waals surface area contributed by atoms with E-state index in [-0.39, 0.29) is 0 Å². The van der Waals surface area contributed by atoms with Crippen molar-refractivity contribution in [2.45, 2.75) is 38.8 Å². The first kappa shape index (κ1) is 15.5. The SMILES string of the molecule is CC(C)N(CC1CC1)C(CN)c1ccc(Br)c(Br)c1. The number of rotatable bonds is 6. The summed E-state index contributed by atoms with van der Waals surface area (Å²) in [6.07, 6.45) is 2.76. The molecule has 0 bridgehead atoms. The molecule has 2 N–H and O–H groups in total. The van der Waals surface area contributed by atoms with Gasteiger partial charge in [-0.1, -0.05) is 6.07 Å². The van der Waals surface area contributed by atoms with Crippen molar-refractivity contribution in [3.05, 3.63) is 32.7 Å². The van der Waals surface area contributed by atoms with E-state index in [0.717, 1.165) is 14.9 Å². The van der Waals surface area contributed by atoms with Crippen LogP contribution in [0, 0.1) is 5.92 Å². The molecule has 0 spiro atoms. The molecular weight excluding hydrogens is 368 g/mol. The molecule has 1 aromatic carbocycles. The third-order valence-electron chi connectivity index (χ3n) is 3.78. The molecule has 106 valence electrons. The van der Waals surface area contributed by atoms with E-state index in [1.54, 1.807) is 0 Å². The lowest BCUT2D eigenvalue weighted by atomic mass is 10.0. The summed E-state index contributed by atoms with van der Waals surface area (Å²) in [7, 11) is 0. The molecule has 0 amide bonds. The molecule has 0 heterocycles. The molecule has 1 atom stereocenters. The summed E-state index contributed by atoms with van der Waals surface area (Å²) in [4.78, 5) is 2.55. The fourth-order valence-corrected chi connectivity index (χ4v) is 3.12. The quantitative estimate of drug-likeness (QED) is 0.784. The van der Waals surface area contributed by atoms with E-state index in [1.165, 1.54) is 24.9 Å². The first-order valence-corrected chi connectivity index (χ1v) is 8.52. The van der Waals surface area contributed by atoms with Crippen molar-refractivity contribution in [3.63, 3.8) is 0 Å². The second-order valence-electron chi connectivity index (χ2n) is 5.66. The Balaban J connectivity index is 2.21. The average Bonchev–Trinajstić information content (AvgIpc) is 3.17.